The average Bonchev–Trinajstić information content (AvgIpc) is 2.25. The van der Waals surface area contributed by atoms with Crippen molar-refractivity contribution in [3.8, 4) is 0 Å². The molecule has 0 fully saturated rings. The third-order valence-electron chi connectivity index (χ3n) is 2.48. The van der Waals surface area contributed by atoms with Crippen molar-refractivity contribution in [2.75, 3.05) is 26.9 Å². The Morgan fingerprint density at radius 3 is 2.47 bits per heavy atom. The molecule has 0 heterocycles. The van der Waals surface area contributed by atoms with Gasteiger partial charge in [0.05, 0.1) is 12.7 Å². The lowest BCUT2D eigenvalue weighted by molar-refractivity contribution is 0.0854. The average molecular weight is 217 g/mol. The number of nitrogens with one attached hydrogen (secondary N) is 1. The number of ether oxygens (including phenoxy) is 2. The van der Waals surface area contributed by atoms with Gasteiger partial charge in [0, 0.05) is 19.8 Å². The van der Waals surface area contributed by atoms with Crippen LogP contribution in [0.4, 0.5) is 0 Å². The Labute approximate surface area is 94.5 Å². The van der Waals surface area contributed by atoms with Gasteiger partial charge in [0.15, 0.2) is 0 Å². The molecule has 0 amide bonds. The van der Waals surface area contributed by atoms with Crippen molar-refractivity contribution >= 4 is 0 Å². The first kappa shape index (κ1) is 14.9. The highest BCUT2D eigenvalue weighted by Gasteiger charge is 2.09. The van der Waals surface area contributed by atoms with Gasteiger partial charge in [0.25, 0.3) is 0 Å². The summed E-state index contributed by atoms with van der Waals surface area (Å²) in [5.41, 5.74) is 0. The maximum Gasteiger partial charge on any atom is 0.0619 e. The molecule has 0 spiro atoms. The van der Waals surface area contributed by atoms with Gasteiger partial charge in [-0.15, -0.1) is 0 Å². The minimum absolute atomic E-state index is 0.345. The van der Waals surface area contributed by atoms with Crippen LogP contribution in [-0.2, 0) is 9.47 Å². The molecule has 1 N–H and O–H groups in total. The molecule has 0 radical (unpaired) electrons. The molecule has 2 unspecified atom stereocenters. The molecule has 0 aromatic carbocycles. The van der Waals surface area contributed by atoms with Crippen molar-refractivity contribution in [3.63, 3.8) is 0 Å². The van der Waals surface area contributed by atoms with Crippen LogP contribution in [0.1, 0.15) is 40.0 Å². The summed E-state index contributed by atoms with van der Waals surface area (Å²) in [5, 5.41) is 3.44. The summed E-state index contributed by atoms with van der Waals surface area (Å²) in [4.78, 5) is 0. The summed E-state index contributed by atoms with van der Waals surface area (Å²) in [5.74, 6) is 0. The zero-order valence-electron chi connectivity index (χ0n) is 10.7. The number of rotatable bonds is 10. The highest BCUT2D eigenvalue weighted by atomic mass is 16.5. The molecule has 0 aliphatic heterocycles. The van der Waals surface area contributed by atoms with Crippen molar-refractivity contribution in [1.82, 2.24) is 5.32 Å². The van der Waals surface area contributed by atoms with Crippen LogP contribution in [-0.4, -0.2) is 39.0 Å². The second-order valence-corrected chi connectivity index (χ2v) is 3.95. The lowest BCUT2D eigenvalue weighted by Crippen LogP contribution is -2.34. The van der Waals surface area contributed by atoms with E-state index in [0.717, 1.165) is 39.0 Å². The SMILES string of the molecule is CCCOCC(CCC(C)OC)NCC. The van der Waals surface area contributed by atoms with Crippen molar-refractivity contribution < 1.29 is 9.47 Å². The van der Waals surface area contributed by atoms with Crippen LogP contribution in [0.25, 0.3) is 0 Å². The smallest absolute Gasteiger partial charge is 0.0619 e. The molecule has 0 saturated carbocycles. The van der Waals surface area contributed by atoms with Crippen LogP contribution in [0.3, 0.4) is 0 Å². The van der Waals surface area contributed by atoms with Crippen LogP contribution < -0.4 is 5.32 Å². The maximum absolute atomic E-state index is 5.56. The Balaban J connectivity index is 3.62. The number of methoxy groups -OCH3 is 1. The first-order valence-electron chi connectivity index (χ1n) is 6.08. The topological polar surface area (TPSA) is 30.5 Å². The molecule has 3 heteroatoms. The molecule has 3 nitrogen and oxygen atoms in total. The molecule has 2 atom stereocenters. The normalized spacial score (nSPS) is 15.2. The zero-order valence-corrected chi connectivity index (χ0v) is 10.7. The fraction of sp³-hybridized carbons (Fsp3) is 1.00. The van der Waals surface area contributed by atoms with E-state index in [1.807, 2.05) is 0 Å². The fourth-order valence-electron chi connectivity index (χ4n) is 1.46. The molecule has 0 aromatic heterocycles. The van der Waals surface area contributed by atoms with Crippen molar-refractivity contribution in [2.45, 2.75) is 52.2 Å². The molecule has 15 heavy (non-hydrogen) atoms. The highest BCUT2D eigenvalue weighted by Crippen LogP contribution is 2.04. The number of hydrogen-bond acceptors (Lipinski definition) is 3. The van der Waals surface area contributed by atoms with Gasteiger partial charge in [0.1, 0.15) is 0 Å². The van der Waals surface area contributed by atoms with E-state index in [9.17, 15) is 0 Å². The van der Waals surface area contributed by atoms with Crippen LogP contribution in [0.15, 0.2) is 0 Å². The maximum atomic E-state index is 5.56. The molecular weight excluding hydrogens is 190 g/mol. The Hall–Kier alpha value is -0.120. The molecule has 0 aliphatic carbocycles. The Morgan fingerprint density at radius 2 is 1.93 bits per heavy atom. The van der Waals surface area contributed by atoms with E-state index in [0.29, 0.717) is 12.1 Å². The van der Waals surface area contributed by atoms with Gasteiger partial charge < -0.3 is 14.8 Å². The molecule has 0 rings (SSSR count). The minimum Gasteiger partial charge on any atom is -0.382 e. The number of likely N-dealkylation sites (N-methyl/N-ethyl adjacent to an activating group) is 1. The van der Waals surface area contributed by atoms with E-state index in [1.54, 1.807) is 7.11 Å². The lowest BCUT2D eigenvalue weighted by atomic mass is 10.1. The van der Waals surface area contributed by atoms with Gasteiger partial charge in [-0.25, -0.2) is 0 Å². The summed E-state index contributed by atoms with van der Waals surface area (Å²) in [6.07, 6.45) is 3.64. The third kappa shape index (κ3) is 8.85. The Morgan fingerprint density at radius 1 is 1.20 bits per heavy atom. The van der Waals surface area contributed by atoms with Gasteiger partial charge >= 0.3 is 0 Å². The second kappa shape index (κ2) is 10.4. The van der Waals surface area contributed by atoms with Crippen LogP contribution in [0, 0.1) is 0 Å². The Kier molecular flexibility index (Phi) is 10.3. The standard InChI is InChI=1S/C12H27NO2/c1-5-9-15-10-12(13-6-2)8-7-11(3)14-4/h11-13H,5-10H2,1-4H3. The van der Waals surface area contributed by atoms with E-state index >= 15 is 0 Å². The first-order chi connectivity index (χ1) is 7.24. The van der Waals surface area contributed by atoms with Crippen LogP contribution >= 0.6 is 0 Å². The number of hydrogen-bond donors (Lipinski definition) is 1. The van der Waals surface area contributed by atoms with Gasteiger partial charge in [-0.05, 0) is 32.7 Å². The molecule has 0 aromatic rings. The highest BCUT2D eigenvalue weighted by molar-refractivity contribution is 4.67. The van der Waals surface area contributed by atoms with Gasteiger partial charge in [-0.2, -0.15) is 0 Å². The Bertz CT molecular complexity index is 131. The van der Waals surface area contributed by atoms with E-state index in [4.69, 9.17) is 9.47 Å². The molecule has 0 aliphatic rings. The molecule has 0 saturated heterocycles. The van der Waals surface area contributed by atoms with Crippen LogP contribution in [0.5, 0.6) is 0 Å². The molecular formula is C12H27NO2. The predicted octanol–water partition coefficient (Wildman–Crippen LogP) is 2.21. The second-order valence-electron chi connectivity index (χ2n) is 3.95. The zero-order chi connectivity index (χ0) is 11.5. The van der Waals surface area contributed by atoms with E-state index in [2.05, 4.69) is 26.1 Å². The van der Waals surface area contributed by atoms with Gasteiger partial charge in [-0.3, -0.25) is 0 Å². The molecule has 0 bridgehead atoms. The predicted molar refractivity (Wildman–Crippen MR) is 64.3 cm³/mol. The van der Waals surface area contributed by atoms with Crippen LogP contribution in [0.2, 0.25) is 0 Å². The quantitative estimate of drug-likeness (QED) is 0.569. The first-order valence-corrected chi connectivity index (χ1v) is 6.08. The van der Waals surface area contributed by atoms with Gasteiger partial charge in [-0.1, -0.05) is 13.8 Å². The van der Waals surface area contributed by atoms with Crippen molar-refractivity contribution in [2.24, 2.45) is 0 Å². The van der Waals surface area contributed by atoms with Gasteiger partial charge in [0.2, 0.25) is 0 Å². The minimum atomic E-state index is 0.345. The van der Waals surface area contributed by atoms with E-state index in [-0.39, 0.29) is 0 Å². The lowest BCUT2D eigenvalue weighted by Gasteiger charge is -2.19. The summed E-state index contributed by atoms with van der Waals surface area (Å²) < 4.78 is 10.8. The fourth-order valence-corrected chi connectivity index (χ4v) is 1.46. The molecule has 92 valence electrons. The summed E-state index contributed by atoms with van der Waals surface area (Å²) >= 11 is 0. The van der Waals surface area contributed by atoms with E-state index in [1.165, 1.54) is 0 Å². The third-order valence-corrected chi connectivity index (χ3v) is 2.48. The monoisotopic (exact) mass is 217 g/mol. The summed E-state index contributed by atoms with van der Waals surface area (Å²) in [6.45, 7) is 9.05. The van der Waals surface area contributed by atoms with Crippen molar-refractivity contribution in [1.29, 1.82) is 0 Å². The largest absolute Gasteiger partial charge is 0.382 e. The van der Waals surface area contributed by atoms with Crippen molar-refractivity contribution in [3.05, 3.63) is 0 Å². The summed E-state index contributed by atoms with van der Waals surface area (Å²) in [6, 6.07) is 0.471. The van der Waals surface area contributed by atoms with E-state index < -0.39 is 0 Å². The summed E-state index contributed by atoms with van der Waals surface area (Å²) in [7, 11) is 1.76.